The summed E-state index contributed by atoms with van der Waals surface area (Å²) in [5.41, 5.74) is 0.159. The summed E-state index contributed by atoms with van der Waals surface area (Å²) in [6.45, 7) is 0.497. The van der Waals surface area contributed by atoms with Gasteiger partial charge in [-0.25, -0.2) is 13.2 Å². The van der Waals surface area contributed by atoms with E-state index in [1.165, 1.54) is 21.7 Å². The lowest BCUT2D eigenvalue weighted by Crippen LogP contribution is -2.41. The maximum atomic E-state index is 12.6. The van der Waals surface area contributed by atoms with Crippen molar-refractivity contribution in [3.05, 3.63) is 34.5 Å². The van der Waals surface area contributed by atoms with Gasteiger partial charge in [-0.3, -0.25) is 14.9 Å². The van der Waals surface area contributed by atoms with E-state index in [0.717, 1.165) is 18.4 Å². The lowest BCUT2D eigenvalue weighted by atomic mass is 9.97. The molecule has 1 saturated heterocycles. The third kappa shape index (κ3) is 4.83. The Kier molecular flexibility index (Phi) is 6.67. The second-order valence-electron chi connectivity index (χ2n) is 6.21. The largest absolute Gasteiger partial charge is 0.453 e. The molecule has 9 nitrogen and oxygen atoms in total. The van der Waals surface area contributed by atoms with Crippen LogP contribution in [0.2, 0.25) is 0 Å². The summed E-state index contributed by atoms with van der Waals surface area (Å²) in [4.78, 5) is 35.9. The van der Waals surface area contributed by atoms with E-state index in [2.05, 4.69) is 10.1 Å². The third-order valence-corrected chi connectivity index (χ3v) is 8.56. The smallest absolute Gasteiger partial charge is 0.413 e. The van der Waals surface area contributed by atoms with E-state index >= 15 is 0 Å². The number of nitrogens with zero attached hydrogens (tertiary/aromatic N) is 1. The molecule has 0 unspecified atom stereocenters. The molecule has 1 fully saturated rings. The molecular weight excluding hydrogens is 438 g/mol. The maximum absolute atomic E-state index is 12.6. The molecule has 1 aliphatic heterocycles. The third-order valence-electron chi connectivity index (χ3n) is 4.46. The first-order chi connectivity index (χ1) is 13.8. The summed E-state index contributed by atoms with van der Waals surface area (Å²) in [7, 11) is -2.38. The summed E-state index contributed by atoms with van der Waals surface area (Å²) in [6, 6.07) is 4.75. The zero-order valence-electron chi connectivity index (χ0n) is 15.4. The zero-order chi connectivity index (χ0) is 21.0. The fourth-order valence-corrected chi connectivity index (χ4v) is 6.31. The first kappa shape index (κ1) is 21.4. The number of alkyl carbamates (subject to hydrolysis) is 1. The number of imide groups is 1. The minimum absolute atomic E-state index is 0.159. The molecule has 12 heteroatoms. The predicted octanol–water partition coefficient (Wildman–Crippen LogP) is 2.35. The molecule has 156 valence electrons. The second-order valence-corrected chi connectivity index (χ2v) is 10.2. The van der Waals surface area contributed by atoms with Crippen molar-refractivity contribution in [2.75, 3.05) is 25.5 Å². The first-order valence-corrected chi connectivity index (χ1v) is 11.8. The summed E-state index contributed by atoms with van der Waals surface area (Å²) < 4.78 is 31.2. The molecule has 0 aromatic carbocycles. The van der Waals surface area contributed by atoms with Crippen LogP contribution in [0.15, 0.2) is 33.2 Å². The Morgan fingerprint density at radius 1 is 1.14 bits per heavy atom. The zero-order valence-corrected chi connectivity index (χ0v) is 17.9. The van der Waals surface area contributed by atoms with Gasteiger partial charge in [-0.1, -0.05) is 6.07 Å². The number of anilines is 1. The van der Waals surface area contributed by atoms with Gasteiger partial charge in [0, 0.05) is 19.0 Å². The minimum Gasteiger partial charge on any atom is -0.453 e. The number of thiophene rings is 2. The molecule has 29 heavy (non-hydrogen) atoms. The normalized spacial score (nSPS) is 15.6. The molecule has 0 spiro atoms. The van der Waals surface area contributed by atoms with Gasteiger partial charge in [0.1, 0.15) is 9.21 Å². The van der Waals surface area contributed by atoms with E-state index in [9.17, 15) is 22.8 Å². The quantitative estimate of drug-likeness (QED) is 0.711. The summed E-state index contributed by atoms with van der Waals surface area (Å²) >= 11 is 2.32. The number of carbonyl (C=O) groups is 3. The molecule has 0 bridgehead atoms. The van der Waals surface area contributed by atoms with Crippen LogP contribution >= 0.6 is 22.7 Å². The number of rotatable bonds is 5. The van der Waals surface area contributed by atoms with E-state index < -0.39 is 22.0 Å². The van der Waals surface area contributed by atoms with E-state index in [1.807, 2.05) is 5.32 Å². The molecule has 0 radical (unpaired) electrons. The van der Waals surface area contributed by atoms with Crippen molar-refractivity contribution in [2.45, 2.75) is 17.1 Å². The van der Waals surface area contributed by atoms with Gasteiger partial charge in [-0.15, -0.1) is 22.7 Å². The Hall–Kier alpha value is -2.28. The Balaban J connectivity index is 1.59. The number of amides is 3. The topological polar surface area (TPSA) is 122 Å². The van der Waals surface area contributed by atoms with Crippen molar-refractivity contribution < 1.29 is 27.5 Å². The van der Waals surface area contributed by atoms with Crippen LogP contribution in [-0.4, -0.2) is 50.8 Å². The van der Waals surface area contributed by atoms with Crippen LogP contribution in [0, 0.1) is 5.92 Å². The van der Waals surface area contributed by atoms with Crippen LogP contribution in [0.1, 0.15) is 23.2 Å². The Morgan fingerprint density at radius 3 is 2.48 bits per heavy atom. The lowest BCUT2D eigenvalue weighted by molar-refractivity contribution is -0.120. The fraction of sp³-hybridized carbons (Fsp3) is 0.353. The lowest BCUT2D eigenvalue weighted by Gasteiger charge is -2.30. The van der Waals surface area contributed by atoms with Crippen molar-refractivity contribution in [3.63, 3.8) is 0 Å². The van der Waals surface area contributed by atoms with Crippen molar-refractivity contribution in [1.82, 2.24) is 9.62 Å². The van der Waals surface area contributed by atoms with E-state index in [1.54, 1.807) is 22.9 Å². The number of hydrogen-bond acceptors (Lipinski definition) is 8. The van der Waals surface area contributed by atoms with Gasteiger partial charge in [0.2, 0.25) is 5.91 Å². The summed E-state index contributed by atoms with van der Waals surface area (Å²) in [6.07, 6.45) is -0.130. The molecule has 1 aliphatic rings. The fourth-order valence-electron chi connectivity index (χ4n) is 2.91. The van der Waals surface area contributed by atoms with Gasteiger partial charge in [-0.2, -0.15) is 4.31 Å². The molecule has 2 aromatic rings. The highest BCUT2D eigenvalue weighted by Crippen LogP contribution is 2.29. The number of carbonyl (C=O) groups excluding carboxylic acids is 3. The standard InChI is InChI=1S/C17H19N3O6S3/c1-26-17(23)19-15(22)12-6-10-28-16(12)18-14(21)11-4-7-20(8-5-11)29(24,25)13-3-2-9-27-13/h2-3,6,9-11H,4-5,7-8H2,1H3,(H,18,21)(H,19,22,23). The van der Waals surface area contributed by atoms with Crippen LogP contribution in [0.5, 0.6) is 0 Å². The SMILES string of the molecule is COC(=O)NC(=O)c1ccsc1NC(=O)C1CCN(S(=O)(=O)c2cccs2)CC1. The van der Waals surface area contributed by atoms with Crippen LogP contribution in [0.25, 0.3) is 0 Å². The van der Waals surface area contributed by atoms with Crippen molar-refractivity contribution in [1.29, 1.82) is 0 Å². The minimum atomic E-state index is -3.52. The van der Waals surface area contributed by atoms with Gasteiger partial charge in [0.15, 0.2) is 0 Å². The monoisotopic (exact) mass is 457 g/mol. The number of ether oxygens (including phenoxy) is 1. The van der Waals surface area contributed by atoms with Crippen molar-refractivity contribution >= 4 is 55.6 Å². The Labute approximate surface area is 175 Å². The van der Waals surface area contributed by atoms with Gasteiger partial charge in [0.05, 0.1) is 12.7 Å². The molecule has 3 rings (SSSR count). The van der Waals surface area contributed by atoms with Crippen LogP contribution in [0.4, 0.5) is 9.80 Å². The average molecular weight is 458 g/mol. The molecule has 2 aromatic heterocycles. The van der Waals surface area contributed by atoms with Gasteiger partial charge in [-0.05, 0) is 35.7 Å². The highest BCUT2D eigenvalue weighted by Gasteiger charge is 2.33. The maximum Gasteiger partial charge on any atom is 0.413 e. The van der Waals surface area contributed by atoms with Crippen molar-refractivity contribution in [2.24, 2.45) is 5.92 Å². The molecule has 3 amide bonds. The van der Waals surface area contributed by atoms with Gasteiger partial charge in [0.25, 0.3) is 15.9 Å². The number of sulfonamides is 1. The summed E-state index contributed by atoms with van der Waals surface area (Å²) in [5.74, 6) is -1.33. The molecule has 0 aliphatic carbocycles. The molecule has 0 saturated carbocycles. The summed E-state index contributed by atoms with van der Waals surface area (Å²) in [5, 5.41) is 8.42. The number of nitrogens with one attached hydrogen (secondary N) is 2. The highest BCUT2D eigenvalue weighted by atomic mass is 32.2. The number of piperidine rings is 1. The number of methoxy groups -OCH3 is 1. The highest BCUT2D eigenvalue weighted by molar-refractivity contribution is 7.91. The van der Waals surface area contributed by atoms with E-state index in [4.69, 9.17) is 0 Å². The van der Waals surface area contributed by atoms with Crippen LogP contribution < -0.4 is 10.6 Å². The van der Waals surface area contributed by atoms with Gasteiger partial charge < -0.3 is 10.1 Å². The molecular formula is C17H19N3O6S3. The Bertz CT molecular complexity index is 992. The predicted molar refractivity (Wildman–Crippen MR) is 109 cm³/mol. The number of hydrogen-bond donors (Lipinski definition) is 2. The van der Waals surface area contributed by atoms with E-state index in [-0.39, 0.29) is 30.5 Å². The Morgan fingerprint density at radius 2 is 1.86 bits per heavy atom. The molecule has 0 atom stereocenters. The molecule has 3 heterocycles. The van der Waals surface area contributed by atoms with E-state index in [0.29, 0.717) is 22.1 Å². The van der Waals surface area contributed by atoms with Crippen LogP contribution in [-0.2, 0) is 19.6 Å². The average Bonchev–Trinajstić information content (AvgIpc) is 3.40. The first-order valence-electron chi connectivity index (χ1n) is 8.64. The van der Waals surface area contributed by atoms with Gasteiger partial charge >= 0.3 is 6.09 Å². The second kappa shape index (κ2) is 9.03. The van der Waals surface area contributed by atoms with Crippen LogP contribution in [0.3, 0.4) is 0 Å². The van der Waals surface area contributed by atoms with Crippen molar-refractivity contribution in [3.8, 4) is 0 Å². The molecule has 2 N–H and O–H groups in total.